The second-order valence-electron chi connectivity index (χ2n) is 14.0. The number of halogens is 1. The van der Waals surface area contributed by atoms with E-state index in [1.165, 1.54) is 30.4 Å². The lowest BCUT2D eigenvalue weighted by molar-refractivity contribution is -0.176. The first-order valence-corrected chi connectivity index (χ1v) is 16.0. The van der Waals surface area contributed by atoms with Crippen molar-refractivity contribution < 1.29 is 33.8 Å². The van der Waals surface area contributed by atoms with Crippen molar-refractivity contribution in [2.75, 3.05) is 32.6 Å². The van der Waals surface area contributed by atoms with Crippen LogP contribution in [0.3, 0.4) is 0 Å². The number of anilines is 1. The van der Waals surface area contributed by atoms with E-state index in [0.717, 1.165) is 12.8 Å². The Hall–Kier alpha value is -3.90. The number of ether oxygens (including phenoxy) is 1. The summed E-state index contributed by atoms with van der Waals surface area (Å²) in [5.41, 5.74) is 11.0. The molecule has 2 bridgehead atoms. The van der Waals surface area contributed by atoms with Crippen LogP contribution < -0.4 is 15.0 Å². The summed E-state index contributed by atoms with van der Waals surface area (Å²) < 4.78 is 21.5. The van der Waals surface area contributed by atoms with Gasteiger partial charge in [0, 0.05) is 47.8 Å². The number of fused-ring (bicyclic) bond motifs is 2. The molecular formula is C34H45FN6O6. The van der Waals surface area contributed by atoms with Crippen LogP contribution in [0.15, 0.2) is 35.4 Å². The van der Waals surface area contributed by atoms with E-state index in [4.69, 9.17) is 15.1 Å². The monoisotopic (exact) mass is 652 g/mol. The third-order valence-corrected chi connectivity index (χ3v) is 10.9. The number of nitrogens with one attached hydrogen (secondary N) is 1. The Bertz CT molecular complexity index is 1580. The van der Waals surface area contributed by atoms with Gasteiger partial charge >= 0.3 is 5.97 Å². The molecule has 1 heterocycles. The number of benzene rings is 2. The molecule has 1 aliphatic heterocycles. The molecule has 3 aliphatic carbocycles. The molecule has 1 saturated heterocycles. The third-order valence-electron chi connectivity index (χ3n) is 10.9. The van der Waals surface area contributed by atoms with Crippen molar-refractivity contribution in [2.24, 2.45) is 34.2 Å². The number of hydrogen-bond acceptors (Lipinski definition) is 8. The zero-order valence-electron chi connectivity index (χ0n) is 28.0. The molecule has 3 saturated carbocycles. The maximum Gasteiger partial charge on any atom is 0.335 e. The summed E-state index contributed by atoms with van der Waals surface area (Å²) in [6.07, 6.45) is 0.127. The Labute approximate surface area is 274 Å². The topological polar surface area (TPSA) is 160 Å². The normalized spacial score (nSPS) is 28.5. The third kappa shape index (κ3) is 6.37. The smallest absolute Gasteiger partial charge is 0.335 e. The number of amides is 1. The Morgan fingerprint density at radius 2 is 2.00 bits per heavy atom. The maximum absolute atomic E-state index is 15.7. The summed E-state index contributed by atoms with van der Waals surface area (Å²) in [6, 6.07) is 6.52. The molecule has 4 fully saturated rings. The van der Waals surface area contributed by atoms with Gasteiger partial charge in [0.25, 0.3) is 0 Å². The van der Waals surface area contributed by atoms with Crippen LogP contribution in [0.4, 0.5) is 10.1 Å². The largest absolute Gasteiger partial charge is 0.496 e. The molecule has 1 amide bonds. The highest BCUT2D eigenvalue weighted by molar-refractivity contribution is 5.92. The Kier molecular flexibility index (Phi) is 9.75. The predicted octanol–water partition coefficient (Wildman–Crippen LogP) is 5.24. The molecule has 13 heteroatoms. The minimum absolute atomic E-state index is 0.0531. The van der Waals surface area contributed by atoms with Crippen molar-refractivity contribution in [3.63, 3.8) is 0 Å². The molecule has 0 aromatic heterocycles. The highest BCUT2D eigenvalue weighted by Gasteiger charge is 2.57. The average molecular weight is 653 g/mol. The second kappa shape index (κ2) is 13.3. The number of methoxy groups -OCH3 is 1. The number of hydrogen-bond donors (Lipinski definition) is 3. The fraction of sp³-hybridized carbons (Fsp3) is 0.588. The molecule has 0 unspecified atom stereocenters. The number of carbonyl (C=O) groups is 2. The quantitative estimate of drug-likeness (QED) is 0.169. The summed E-state index contributed by atoms with van der Waals surface area (Å²) in [7, 11) is 4.97. The summed E-state index contributed by atoms with van der Waals surface area (Å²) in [5, 5.41) is 28.9. The molecule has 2 aromatic rings. The number of carboxylic acid groups (broad SMARTS) is 1. The summed E-state index contributed by atoms with van der Waals surface area (Å²) in [6.45, 7) is 7.91. The lowest BCUT2D eigenvalue weighted by Crippen LogP contribution is -2.62. The first kappa shape index (κ1) is 34.4. The molecule has 254 valence electrons. The van der Waals surface area contributed by atoms with E-state index >= 15 is 4.39 Å². The number of carbonyl (C=O) groups excluding carboxylic acids is 1. The highest BCUT2D eigenvalue weighted by atomic mass is 19.1. The van der Waals surface area contributed by atoms with Crippen LogP contribution >= 0.6 is 0 Å². The minimum Gasteiger partial charge on any atom is -0.496 e. The summed E-state index contributed by atoms with van der Waals surface area (Å²) in [4.78, 5) is 36.9. The van der Waals surface area contributed by atoms with Crippen molar-refractivity contribution in [3.05, 3.63) is 57.7 Å². The maximum atomic E-state index is 15.7. The first-order chi connectivity index (χ1) is 22.2. The van der Waals surface area contributed by atoms with E-state index in [-0.39, 0.29) is 53.2 Å². The van der Waals surface area contributed by atoms with Crippen LogP contribution in [-0.2, 0) is 16.2 Å². The number of azide groups is 1. The summed E-state index contributed by atoms with van der Waals surface area (Å²) in [5.74, 6) is -1.47. The second-order valence-corrected chi connectivity index (χ2v) is 14.0. The van der Waals surface area contributed by atoms with Crippen LogP contribution in [0.5, 0.6) is 5.75 Å². The van der Waals surface area contributed by atoms with Gasteiger partial charge in [0.1, 0.15) is 17.6 Å². The number of aliphatic hydroxyl groups excluding tert-OH is 1. The fourth-order valence-corrected chi connectivity index (χ4v) is 8.12. The number of aromatic carboxylic acids is 1. The molecule has 2 aromatic carbocycles. The van der Waals surface area contributed by atoms with E-state index in [1.54, 1.807) is 38.1 Å². The van der Waals surface area contributed by atoms with Gasteiger partial charge in [-0.2, -0.15) is 5.06 Å². The van der Waals surface area contributed by atoms with Gasteiger partial charge in [-0.3, -0.25) is 9.63 Å². The SMILES string of the molecule is COc1c(-c2cc(C(=O)O)cc(N(C)C)c2)ccc(F)c1CN1O[C@@H](CN=[N+]=[N-])[C@@H]([C@H](C)O)[C@H]1C(=O)N[C@H]1C[C@H]2C[C@@H]([C@@H]1C)C2(C)C. The van der Waals surface area contributed by atoms with E-state index in [9.17, 15) is 19.8 Å². The minimum atomic E-state index is -1.11. The van der Waals surface area contributed by atoms with Gasteiger partial charge in [-0.15, -0.1) is 0 Å². The van der Waals surface area contributed by atoms with Crippen molar-refractivity contribution in [2.45, 2.75) is 71.4 Å². The van der Waals surface area contributed by atoms with Gasteiger partial charge in [0.05, 0.1) is 38.0 Å². The zero-order valence-corrected chi connectivity index (χ0v) is 28.0. The molecule has 0 radical (unpaired) electrons. The van der Waals surface area contributed by atoms with Crippen molar-refractivity contribution in [3.8, 4) is 16.9 Å². The van der Waals surface area contributed by atoms with Gasteiger partial charge in [-0.05, 0) is 84.4 Å². The molecule has 4 aliphatic rings. The molecule has 47 heavy (non-hydrogen) atoms. The van der Waals surface area contributed by atoms with E-state index in [2.05, 4.69) is 36.1 Å². The van der Waals surface area contributed by atoms with Gasteiger partial charge in [0.2, 0.25) is 5.91 Å². The standard InChI is InChI=1S/C34H45FN6O6/c1-17-25-13-21(34(25,3)4)14-27(17)38-32(43)30-29(18(2)42)28(15-37-39-36)47-41(30)16-24-26(35)9-8-23(31(24)46-7)19-10-20(33(44)45)12-22(11-19)40(5)6/h8-12,17-18,21,25,27-30,42H,13-16H2,1-7H3,(H,38,43)(H,44,45)/t17-,18-,21+,25-,27-,28-,29+,30-/m0/s1. The van der Waals surface area contributed by atoms with Gasteiger partial charge in [-0.1, -0.05) is 25.9 Å². The zero-order chi connectivity index (χ0) is 34.4. The molecular weight excluding hydrogens is 607 g/mol. The van der Waals surface area contributed by atoms with Gasteiger partial charge in [-0.25, -0.2) is 9.18 Å². The number of nitrogens with zero attached hydrogens (tertiary/aromatic N) is 5. The summed E-state index contributed by atoms with van der Waals surface area (Å²) >= 11 is 0. The molecule has 0 spiro atoms. The van der Waals surface area contributed by atoms with E-state index in [0.29, 0.717) is 28.7 Å². The molecule has 3 N–H and O–H groups in total. The Balaban J connectivity index is 1.52. The van der Waals surface area contributed by atoms with E-state index in [1.807, 2.05) is 0 Å². The van der Waals surface area contributed by atoms with Crippen LogP contribution in [0.2, 0.25) is 0 Å². The van der Waals surface area contributed by atoms with Gasteiger partial charge in [0.15, 0.2) is 0 Å². The number of rotatable bonds is 11. The van der Waals surface area contributed by atoms with Crippen LogP contribution in [-0.4, -0.2) is 79.2 Å². The number of hydroxylamine groups is 2. The van der Waals surface area contributed by atoms with Crippen molar-refractivity contribution in [1.29, 1.82) is 0 Å². The molecule has 6 rings (SSSR count). The fourth-order valence-electron chi connectivity index (χ4n) is 8.12. The molecule has 12 nitrogen and oxygen atoms in total. The van der Waals surface area contributed by atoms with Crippen LogP contribution in [0, 0.1) is 34.9 Å². The number of carboxylic acids is 1. The lowest BCUT2D eigenvalue weighted by Gasteiger charge is -2.62. The highest BCUT2D eigenvalue weighted by Crippen LogP contribution is 2.61. The Morgan fingerprint density at radius 1 is 1.28 bits per heavy atom. The van der Waals surface area contributed by atoms with Crippen molar-refractivity contribution >= 4 is 17.6 Å². The predicted molar refractivity (Wildman–Crippen MR) is 174 cm³/mol. The van der Waals surface area contributed by atoms with Gasteiger partial charge < -0.3 is 25.2 Å². The lowest BCUT2D eigenvalue weighted by atomic mass is 9.45. The average Bonchev–Trinajstić information content (AvgIpc) is 3.39. The van der Waals surface area contributed by atoms with Crippen molar-refractivity contribution in [1.82, 2.24) is 10.4 Å². The number of aliphatic hydroxyl groups is 1. The molecule has 8 atom stereocenters. The van der Waals surface area contributed by atoms with Crippen LogP contribution in [0.25, 0.3) is 21.6 Å². The van der Waals surface area contributed by atoms with Crippen LogP contribution in [0.1, 0.15) is 56.5 Å². The van der Waals surface area contributed by atoms with E-state index < -0.39 is 36.0 Å². The first-order valence-electron chi connectivity index (χ1n) is 16.0. The Morgan fingerprint density at radius 3 is 2.57 bits per heavy atom.